The van der Waals surface area contributed by atoms with E-state index in [0.717, 1.165) is 5.56 Å². The summed E-state index contributed by atoms with van der Waals surface area (Å²) in [6.45, 7) is 1.39. The highest BCUT2D eigenvalue weighted by molar-refractivity contribution is 5.77. The maximum Gasteiger partial charge on any atom is 0.310 e. The number of nitrogens with zero attached hydrogens (tertiary/aromatic N) is 1. The van der Waals surface area contributed by atoms with Crippen molar-refractivity contribution in [3.8, 4) is 5.75 Å². The van der Waals surface area contributed by atoms with Crippen molar-refractivity contribution in [1.82, 2.24) is 5.32 Å². The zero-order chi connectivity index (χ0) is 13.5. The van der Waals surface area contributed by atoms with Crippen LogP contribution in [0.3, 0.4) is 0 Å². The molecule has 7 heteroatoms. The fraction of sp³-hybridized carbons (Fsp3) is 0.364. The summed E-state index contributed by atoms with van der Waals surface area (Å²) in [4.78, 5) is 21.4. The van der Waals surface area contributed by atoms with Crippen LogP contribution in [0.4, 0.5) is 5.69 Å². The van der Waals surface area contributed by atoms with Crippen molar-refractivity contribution < 1.29 is 19.6 Å². The molecule has 1 aromatic carbocycles. The highest BCUT2D eigenvalue weighted by Gasteiger charge is 2.15. The topological polar surface area (TPSA) is 102 Å². The quantitative estimate of drug-likeness (QED) is 0.564. The van der Waals surface area contributed by atoms with Gasteiger partial charge >= 0.3 is 5.69 Å². The zero-order valence-electron chi connectivity index (χ0n) is 9.88. The third-order valence-electron chi connectivity index (χ3n) is 2.10. The predicted octanol–water partition coefficient (Wildman–Crippen LogP) is 0.391. The maximum absolute atomic E-state index is 11.2. The van der Waals surface area contributed by atoms with Crippen LogP contribution in [0.25, 0.3) is 0 Å². The Kier molecular flexibility index (Phi) is 5.06. The zero-order valence-corrected chi connectivity index (χ0v) is 9.88. The van der Waals surface area contributed by atoms with Gasteiger partial charge in [-0.05, 0) is 18.6 Å². The summed E-state index contributed by atoms with van der Waals surface area (Å²) in [5.74, 6) is -0.390. The molecule has 0 aliphatic carbocycles. The largest absolute Gasteiger partial charge is 0.477 e. The number of aliphatic hydroxyl groups is 1. The van der Waals surface area contributed by atoms with Gasteiger partial charge in [-0.3, -0.25) is 14.9 Å². The lowest BCUT2D eigenvalue weighted by Crippen LogP contribution is -2.31. The minimum Gasteiger partial charge on any atom is -0.477 e. The van der Waals surface area contributed by atoms with Gasteiger partial charge in [0, 0.05) is 12.6 Å². The molecule has 0 heterocycles. The second kappa shape index (κ2) is 6.55. The van der Waals surface area contributed by atoms with E-state index in [0.29, 0.717) is 0 Å². The minimum atomic E-state index is -0.569. The number of aliphatic hydroxyl groups excluding tert-OH is 1. The van der Waals surface area contributed by atoms with Crippen LogP contribution >= 0.6 is 0 Å². The average Bonchev–Trinajstić information content (AvgIpc) is 2.33. The molecule has 0 fully saturated rings. The normalized spacial score (nSPS) is 9.89. The molecule has 0 unspecified atom stereocenters. The number of carbonyl (C=O) groups excluding carboxylic acids is 1. The van der Waals surface area contributed by atoms with Gasteiger partial charge in [0.25, 0.3) is 5.91 Å². The molecule has 0 radical (unpaired) electrons. The molecule has 2 N–H and O–H groups in total. The monoisotopic (exact) mass is 254 g/mol. The summed E-state index contributed by atoms with van der Waals surface area (Å²) in [7, 11) is 0. The van der Waals surface area contributed by atoms with Crippen LogP contribution < -0.4 is 10.1 Å². The molecule has 0 spiro atoms. The van der Waals surface area contributed by atoms with E-state index in [2.05, 4.69) is 5.32 Å². The molecule has 0 saturated heterocycles. The number of carbonyl (C=O) groups is 1. The fourth-order valence-electron chi connectivity index (χ4n) is 1.28. The van der Waals surface area contributed by atoms with Gasteiger partial charge in [0.05, 0.1) is 11.5 Å². The van der Waals surface area contributed by atoms with Gasteiger partial charge in [0.1, 0.15) is 0 Å². The fourth-order valence-corrected chi connectivity index (χ4v) is 1.28. The Balaban J connectivity index is 2.68. The Morgan fingerprint density at radius 3 is 2.89 bits per heavy atom. The maximum atomic E-state index is 11.2. The first-order valence-electron chi connectivity index (χ1n) is 5.30. The summed E-state index contributed by atoms with van der Waals surface area (Å²) in [6.07, 6.45) is 0. The number of amides is 1. The van der Waals surface area contributed by atoms with Gasteiger partial charge in [0.15, 0.2) is 12.4 Å². The van der Waals surface area contributed by atoms with Gasteiger partial charge < -0.3 is 15.2 Å². The van der Waals surface area contributed by atoms with E-state index >= 15 is 0 Å². The van der Waals surface area contributed by atoms with Gasteiger partial charge in [-0.25, -0.2) is 0 Å². The van der Waals surface area contributed by atoms with Crippen LogP contribution in [0, 0.1) is 17.0 Å². The summed E-state index contributed by atoms with van der Waals surface area (Å²) in [5, 5.41) is 21.6. The van der Waals surface area contributed by atoms with Crippen molar-refractivity contribution in [3.63, 3.8) is 0 Å². The third-order valence-corrected chi connectivity index (χ3v) is 2.10. The lowest BCUT2D eigenvalue weighted by atomic mass is 10.2. The van der Waals surface area contributed by atoms with Gasteiger partial charge in [-0.2, -0.15) is 0 Å². The van der Waals surface area contributed by atoms with Crippen LogP contribution in [0.15, 0.2) is 18.2 Å². The smallest absolute Gasteiger partial charge is 0.310 e. The molecule has 0 atom stereocenters. The molecular formula is C11H14N2O5. The predicted molar refractivity (Wildman–Crippen MR) is 63.4 cm³/mol. The second-order valence-electron chi connectivity index (χ2n) is 3.59. The molecule has 0 aliphatic heterocycles. The van der Waals surface area contributed by atoms with E-state index in [1.807, 2.05) is 0 Å². The molecule has 7 nitrogen and oxygen atoms in total. The van der Waals surface area contributed by atoms with Gasteiger partial charge in [-0.15, -0.1) is 0 Å². The molecule has 0 saturated carbocycles. The third kappa shape index (κ3) is 4.02. The van der Waals surface area contributed by atoms with Gasteiger partial charge in [0.2, 0.25) is 0 Å². The van der Waals surface area contributed by atoms with E-state index in [1.165, 1.54) is 12.1 Å². The molecule has 1 amide bonds. The highest BCUT2D eigenvalue weighted by atomic mass is 16.6. The van der Waals surface area contributed by atoms with E-state index in [1.54, 1.807) is 13.0 Å². The van der Waals surface area contributed by atoms with Crippen molar-refractivity contribution in [2.75, 3.05) is 19.8 Å². The number of benzene rings is 1. The van der Waals surface area contributed by atoms with Crippen LogP contribution in [0.1, 0.15) is 5.56 Å². The van der Waals surface area contributed by atoms with Crippen LogP contribution in [-0.2, 0) is 4.79 Å². The van der Waals surface area contributed by atoms with Crippen LogP contribution in [0.2, 0.25) is 0 Å². The Bertz CT molecular complexity index is 447. The number of aryl methyl sites for hydroxylation is 1. The molecule has 18 heavy (non-hydrogen) atoms. The molecule has 1 aromatic rings. The van der Waals surface area contributed by atoms with Crippen molar-refractivity contribution >= 4 is 11.6 Å². The van der Waals surface area contributed by atoms with E-state index in [-0.39, 0.29) is 31.2 Å². The first kappa shape index (κ1) is 13.9. The standard InChI is InChI=1S/C11H14N2O5/c1-8-2-3-9(13(16)17)10(6-8)18-7-11(15)12-4-5-14/h2-3,6,14H,4-5,7H2,1H3,(H,12,15). The SMILES string of the molecule is Cc1ccc([N+](=O)[O-])c(OCC(=O)NCCO)c1. The number of rotatable bonds is 6. The minimum absolute atomic E-state index is 0.0548. The van der Waals surface area contributed by atoms with E-state index in [9.17, 15) is 14.9 Å². The Morgan fingerprint density at radius 1 is 1.56 bits per heavy atom. The van der Waals surface area contributed by atoms with Crippen LogP contribution in [-0.4, -0.2) is 35.7 Å². The summed E-state index contributed by atoms with van der Waals surface area (Å²) >= 11 is 0. The number of nitro groups is 1. The van der Waals surface area contributed by atoms with Crippen LogP contribution in [0.5, 0.6) is 5.75 Å². The van der Waals surface area contributed by atoms with E-state index < -0.39 is 10.8 Å². The average molecular weight is 254 g/mol. The number of hydrogen-bond acceptors (Lipinski definition) is 5. The number of ether oxygens (including phenoxy) is 1. The Hall–Kier alpha value is -2.15. The van der Waals surface area contributed by atoms with Crippen molar-refractivity contribution in [2.45, 2.75) is 6.92 Å². The number of nitrogens with one attached hydrogen (secondary N) is 1. The molecule has 0 aliphatic rings. The lowest BCUT2D eigenvalue weighted by molar-refractivity contribution is -0.385. The lowest BCUT2D eigenvalue weighted by Gasteiger charge is -2.07. The Labute approximate surface area is 104 Å². The molecule has 0 aromatic heterocycles. The molecular weight excluding hydrogens is 240 g/mol. The highest BCUT2D eigenvalue weighted by Crippen LogP contribution is 2.27. The number of nitro benzene ring substituents is 1. The molecule has 98 valence electrons. The summed E-state index contributed by atoms with van der Waals surface area (Å²) in [6, 6.07) is 4.42. The first-order valence-corrected chi connectivity index (χ1v) is 5.30. The summed E-state index contributed by atoms with van der Waals surface area (Å²) in [5.41, 5.74) is 0.613. The Morgan fingerprint density at radius 2 is 2.28 bits per heavy atom. The van der Waals surface area contributed by atoms with Crippen molar-refractivity contribution in [3.05, 3.63) is 33.9 Å². The summed E-state index contributed by atoms with van der Waals surface area (Å²) < 4.78 is 5.10. The van der Waals surface area contributed by atoms with Crippen molar-refractivity contribution in [2.24, 2.45) is 0 Å². The second-order valence-corrected chi connectivity index (χ2v) is 3.59. The van der Waals surface area contributed by atoms with Crippen molar-refractivity contribution in [1.29, 1.82) is 0 Å². The first-order chi connectivity index (χ1) is 8.54. The number of hydrogen-bond donors (Lipinski definition) is 2. The molecule has 1 rings (SSSR count). The van der Waals surface area contributed by atoms with Gasteiger partial charge in [-0.1, -0.05) is 6.07 Å². The molecule has 0 bridgehead atoms. The van der Waals surface area contributed by atoms with E-state index in [4.69, 9.17) is 9.84 Å².